The first-order valence-corrected chi connectivity index (χ1v) is 7.87. The van der Waals surface area contributed by atoms with E-state index in [-0.39, 0.29) is 11.9 Å². The highest BCUT2D eigenvalue weighted by Crippen LogP contribution is 2.22. The standard InChI is InChI=1S/C18H19N3O3/c1-2-24-16-6-4-3-5-15(16)17(22)20-13-7-9-14(10-8-13)21-12-11-19-18(21)23/h3-10H,2,11-12H2,1H3,(H,19,23)(H,20,22). The van der Waals surface area contributed by atoms with Gasteiger partial charge in [0.2, 0.25) is 0 Å². The minimum Gasteiger partial charge on any atom is -0.493 e. The summed E-state index contributed by atoms with van der Waals surface area (Å²) in [5.74, 6) is 0.327. The molecule has 0 aliphatic carbocycles. The van der Waals surface area contributed by atoms with E-state index in [9.17, 15) is 9.59 Å². The highest BCUT2D eigenvalue weighted by Gasteiger charge is 2.21. The molecule has 1 fully saturated rings. The Morgan fingerprint density at radius 1 is 1.21 bits per heavy atom. The maximum Gasteiger partial charge on any atom is 0.321 e. The van der Waals surface area contributed by atoms with E-state index in [0.29, 0.717) is 36.7 Å². The van der Waals surface area contributed by atoms with Gasteiger partial charge in [-0.05, 0) is 43.3 Å². The fourth-order valence-corrected chi connectivity index (χ4v) is 2.58. The Bertz CT molecular complexity index is 743. The molecule has 1 saturated heterocycles. The number of urea groups is 1. The van der Waals surface area contributed by atoms with E-state index in [1.165, 1.54) is 0 Å². The fraction of sp³-hybridized carbons (Fsp3) is 0.222. The number of rotatable bonds is 5. The third kappa shape index (κ3) is 3.32. The molecule has 1 aliphatic heterocycles. The van der Waals surface area contributed by atoms with Crippen molar-refractivity contribution in [2.45, 2.75) is 6.92 Å². The van der Waals surface area contributed by atoms with Crippen LogP contribution in [-0.2, 0) is 0 Å². The van der Waals surface area contributed by atoms with Gasteiger partial charge in [0, 0.05) is 24.5 Å². The van der Waals surface area contributed by atoms with Crippen LogP contribution < -0.4 is 20.3 Å². The number of nitrogens with zero attached hydrogens (tertiary/aromatic N) is 1. The van der Waals surface area contributed by atoms with E-state index in [2.05, 4.69) is 10.6 Å². The molecule has 0 aromatic heterocycles. The van der Waals surface area contributed by atoms with Crippen molar-refractivity contribution in [2.75, 3.05) is 29.9 Å². The van der Waals surface area contributed by atoms with Crippen LogP contribution >= 0.6 is 0 Å². The van der Waals surface area contributed by atoms with Crippen molar-refractivity contribution in [1.82, 2.24) is 5.32 Å². The first-order valence-electron chi connectivity index (χ1n) is 7.87. The lowest BCUT2D eigenvalue weighted by atomic mass is 10.1. The van der Waals surface area contributed by atoms with Gasteiger partial charge in [-0.2, -0.15) is 0 Å². The molecule has 6 nitrogen and oxygen atoms in total. The number of para-hydroxylation sites is 1. The van der Waals surface area contributed by atoms with Crippen molar-refractivity contribution in [3.63, 3.8) is 0 Å². The Morgan fingerprint density at radius 3 is 2.62 bits per heavy atom. The largest absolute Gasteiger partial charge is 0.493 e. The smallest absolute Gasteiger partial charge is 0.321 e. The van der Waals surface area contributed by atoms with Gasteiger partial charge < -0.3 is 15.4 Å². The zero-order valence-electron chi connectivity index (χ0n) is 13.4. The topological polar surface area (TPSA) is 70.7 Å². The van der Waals surface area contributed by atoms with Gasteiger partial charge in [-0.25, -0.2) is 4.79 Å². The van der Waals surface area contributed by atoms with Crippen molar-refractivity contribution < 1.29 is 14.3 Å². The van der Waals surface area contributed by atoms with E-state index in [0.717, 1.165) is 5.69 Å². The molecule has 1 aliphatic rings. The lowest BCUT2D eigenvalue weighted by Gasteiger charge is -2.15. The molecule has 124 valence electrons. The van der Waals surface area contributed by atoms with Crippen molar-refractivity contribution >= 4 is 23.3 Å². The van der Waals surface area contributed by atoms with Gasteiger partial charge in [-0.3, -0.25) is 9.69 Å². The number of nitrogens with one attached hydrogen (secondary N) is 2. The maximum atomic E-state index is 12.4. The van der Waals surface area contributed by atoms with Crippen molar-refractivity contribution in [1.29, 1.82) is 0 Å². The Kier molecular flexibility index (Phi) is 4.65. The first-order chi connectivity index (χ1) is 11.7. The van der Waals surface area contributed by atoms with Crippen LogP contribution in [0.3, 0.4) is 0 Å². The molecule has 2 N–H and O–H groups in total. The molecular weight excluding hydrogens is 306 g/mol. The predicted octanol–water partition coefficient (Wildman–Crippen LogP) is 2.87. The number of hydrogen-bond donors (Lipinski definition) is 2. The molecule has 3 rings (SSSR count). The maximum absolute atomic E-state index is 12.4. The Morgan fingerprint density at radius 2 is 1.96 bits per heavy atom. The summed E-state index contributed by atoms with van der Waals surface area (Å²) in [6.07, 6.45) is 0. The second-order valence-corrected chi connectivity index (χ2v) is 5.31. The van der Waals surface area contributed by atoms with Crippen LogP contribution in [0.2, 0.25) is 0 Å². The van der Waals surface area contributed by atoms with Gasteiger partial charge in [0.05, 0.1) is 12.2 Å². The average Bonchev–Trinajstić information content (AvgIpc) is 3.02. The Labute approximate surface area is 140 Å². The first kappa shape index (κ1) is 15.9. The lowest BCUT2D eigenvalue weighted by Crippen LogP contribution is -2.27. The molecule has 6 heteroatoms. The zero-order chi connectivity index (χ0) is 16.9. The van der Waals surface area contributed by atoms with Gasteiger partial charge in [-0.15, -0.1) is 0 Å². The molecule has 0 spiro atoms. The number of carbonyl (C=O) groups excluding carboxylic acids is 2. The van der Waals surface area contributed by atoms with E-state index in [4.69, 9.17) is 4.74 Å². The molecule has 0 atom stereocenters. The SMILES string of the molecule is CCOc1ccccc1C(=O)Nc1ccc(N2CCNC2=O)cc1. The molecule has 0 bridgehead atoms. The van der Waals surface area contributed by atoms with Gasteiger partial charge >= 0.3 is 6.03 Å². The molecule has 0 unspecified atom stereocenters. The monoisotopic (exact) mass is 325 g/mol. The highest BCUT2D eigenvalue weighted by atomic mass is 16.5. The molecular formula is C18H19N3O3. The van der Waals surface area contributed by atoms with Crippen LogP contribution in [-0.4, -0.2) is 31.6 Å². The summed E-state index contributed by atoms with van der Waals surface area (Å²) < 4.78 is 5.48. The van der Waals surface area contributed by atoms with Crippen molar-refractivity contribution in [3.05, 3.63) is 54.1 Å². The summed E-state index contributed by atoms with van der Waals surface area (Å²) in [6.45, 7) is 3.66. The fourth-order valence-electron chi connectivity index (χ4n) is 2.58. The number of carbonyl (C=O) groups is 2. The molecule has 0 saturated carbocycles. The Hall–Kier alpha value is -3.02. The molecule has 2 aromatic rings. The minimum atomic E-state index is -0.231. The Balaban J connectivity index is 1.72. The highest BCUT2D eigenvalue weighted by molar-refractivity contribution is 6.06. The third-order valence-corrected chi connectivity index (χ3v) is 3.73. The molecule has 24 heavy (non-hydrogen) atoms. The van der Waals surface area contributed by atoms with E-state index < -0.39 is 0 Å². The number of benzene rings is 2. The van der Waals surface area contributed by atoms with Crippen LogP contribution in [0.5, 0.6) is 5.75 Å². The van der Waals surface area contributed by atoms with Crippen LogP contribution in [0.4, 0.5) is 16.2 Å². The van der Waals surface area contributed by atoms with Gasteiger partial charge in [-0.1, -0.05) is 12.1 Å². The molecule has 3 amide bonds. The van der Waals surface area contributed by atoms with E-state index >= 15 is 0 Å². The van der Waals surface area contributed by atoms with Crippen LogP contribution in [0.25, 0.3) is 0 Å². The van der Waals surface area contributed by atoms with E-state index in [1.54, 1.807) is 35.2 Å². The third-order valence-electron chi connectivity index (χ3n) is 3.73. The molecule has 2 aromatic carbocycles. The lowest BCUT2D eigenvalue weighted by molar-refractivity contribution is 0.102. The normalized spacial score (nSPS) is 13.5. The second-order valence-electron chi connectivity index (χ2n) is 5.31. The summed E-state index contributed by atoms with van der Waals surface area (Å²) in [6, 6.07) is 14.2. The van der Waals surface area contributed by atoms with Gasteiger partial charge in [0.25, 0.3) is 5.91 Å². The summed E-state index contributed by atoms with van der Waals surface area (Å²) >= 11 is 0. The number of amides is 3. The van der Waals surface area contributed by atoms with Gasteiger partial charge in [0.1, 0.15) is 5.75 Å². The van der Waals surface area contributed by atoms with Crippen molar-refractivity contribution in [2.24, 2.45) is 0 Å². The molecule has 0 radical (unpaired) electrons. The van der Waals surface area contributed by atoms with Crippen LogP contribution in [0.1, 0.15) is 17.3 Å². The van der Waals surface area contributed by atoms with Crippen molar-refractivity contribution in [3.8, 4) is 5.75 Å². The van der Waals surface area contributed by atoms with E-state index in [1.807, 2.05) is 25.1 Å². The number of anilines is 2. The quantitative estimate of drug-likeness (QED) is 0.888. The molecule has 1 heterocycles. The number of ether oxygens (including phenoxy) is 1. The zero-order valence-corrected chi connectivity index (χ0v) is 13.4. The predicted molar refractivity (Wildman–Crippen MR) is 92.8 cm³/mol. The summed E-state index contributed by atoms with van der Waals surface area (Å²) in [5.41, 5.74) is 1.95. The summed E-state index contributed by atoms with van der Waals surface area (Å²) in [5, 5.41) is 5.61. The van der Waals surface area contributed by atoms with Crippen LogP contribution in [0, 0.1) is 0 Å². The summed E-state index contributed by atoms with van der Waals surface area (Å²) in [7, 11) is 0. The number of hydrogen-bond acceptors (Lipinski definition) is 3. The summed E-state index contributed by atoms with van der Waals surface area (Å²) in [4.78, 5) is 25.8. The van der Waals surface area contributed by atoms with Crippen LogP contribution in [0.15, 0.2) is 48.5 Å². The second kappa shape index (κ2) is 7.04. The average molecular weight is 325 g/mol. The van der Waals surface area contributed by atoms with Gasteiger partial charge in [0.15, 0.2) is 0 Å². The minimum absolute atomic E-state index is 0.0996.